The predicted octanol–water partition coefficient (Wildman–Crippen LogP) is 0.434. The molecule has 0 aliphatic heterocycles. The summed E-state index contributed by atoms with van der Waals surface area (Å²) in [5, 5.41) is 0. The van der Waals surface area contributed by atoms with Gasteiger partial charge in [-0.1, -0.05) is 0 Å². The molecule has 0 aromatic rings. The van der Waals surface area contributed by atoms with Crippen molar-refractivity contribution in [1.82, 2.24) is 0 Å². The molecule has 0 aromatic carbocycles. The average molecular weight is 170 g/mol. The van der Waals surface area contributed by atoms with Gasteiger partial charge in [-0.05, 0) is 6.92 Å². The largest absolute Gasteiger partial charge is 0.465 e. The first kappa shape index (κ1) is 10.5. The highest BCUT2D eigenvalue weighted by Gasteiger charge is 2.00. The van der Waals surface area contributed by atoms with Crippen molar-refractivity contribution >= 4 is 11.9 Å². The minimum Gasteiger partial charge on any atom is -0.465 e. The van der Waals surface area contributed by atoms with Gasteiger partial charge in [0.25, 0.3) is 0 Å². The molecule has 0 aliphatic rings. The second kappa shape index (κ2) is 5.16. The lowest BCUT2D eigenvalue weighted by Crippen LogP contribution is -2.00. The van der Waals surface area contributed by atoms with E-state index in [9.17, 15) is 9.59 Å². The van der Waals surface area contributed by atoms with Crippen LogP contribution in [0.5, 0.6) is 0 Å². The van der Waals surface area contributed by atoms with Gasteiger partial charge in [-0.25, -0.2) is 9.59 Å². The molecular formula is C8H10O4. The zero-order chi connectivity index (χ0) is 9.56. The number of carbonyl (C=O) groups excluding carboxylic acids is 2. The first-order valence-electron chi connectivity index (χ1n) is 3.21. The molecule has 0 saturated heterocycles. The second-order valence-corrected chi connectivity index (χ2v) is 1.93. The highest BCUT2D eigenvalue weighted by atomic mass is 16.5. The van der Waals surface area contributed by atoms with Crippen LogP contribution >= 0.6 is 0 Å². The third-order valence-electron chi connectivity index (χ3n) is 1.10. The fourth-order valence-electron chi connectivity index (χ4n) is 0.438. The molecule has 0 saturated carbocycles. The lowest BCUT2D eigenvalue weighted by atomic mass is 10.3. The maximum absolute atomic E-state index is 10.7. The van der Waals surface area contributed by atoms with Crippen molar-refractivity contribution in [3.63, 3.8) is 0 Å². The van der Waals surface area contributed by atoms with E-state index >= 15 is 0 Å². The van der Waals surface area contributed by atoms with E-state index in [2.05, 4.69) is 15.2 Å². The molecule has 0 bridgehead atoms. The van der Waals surface area contributed by atoms with Gasteiger partial charge in [0, 0.05) is 0 Å². The normalized spacial score (nSPS) is 7.92. The monoisotopic (exact) mass is 170 g/mol. The van der Waals surface area contributed by atoms with Crippen LogP contribution in [0.4, 0.5) is 0 Å². The van der Waals surface area contributed by atoms with Crippen molar-refractivity contribution < 1.29 is 19.1 Å². The molecule has 12 heavy (non-hydrogen) atoms. The number of esters is 2. The number of ether oxygens (including phenoxy) is 2. The minimum absolute atomic E-state index is 0.225. The number of rotatable bonds is 2. The third-order valence-corrected chi connectivity index (χ3v) is 1.10. The van der Waals surface area contributed by atoms with Gasteiger partial charge in [-0.2, -0.15) is 0 Å². The smallest absolute Gasteiger partial charge is 0.341 e. The molecule has 0 heterocycles. The molecule has 4 heteroatoms. The average Bonchev–Trinajstić information content (AvgIpc) is 2.11. The van der Waals surface area contributed by atoms with Crippen molar-refractivity contribution in [2.45, 2.75) is 6.92 Å². The van der Waals surface area contributed by atoms with E-state index in [1.54, 1.807) is 0 Å². The van der Waals surface area contributed by atoms with Gasteiger partial charge in [-0.15, -0.1) is 5.73 Å². The van der Waals surface area contributed by atoms with Crippen LogP contribution in [0.15, 0.2) is 17.4 Å². The molecule has 0 aliphatic carbocycles. The maximum atomic E-state index is 10.7. The van der Waals surface area contributed by atoms with Gasteiger partial charge in [-0.3, -0.25) is 0 Å². The van der Waals surface area contributed by atoms with Crippen molar-refractivity contribution in [3.05, 3.63) is 17.4 Å². The van der Waals surface area contributed by atoms with Crippen molar-refractivity contribution in [2.24, 2.45) is 0 Å². The molecule has 0 atom stereocenters. The molecule has 0 N–H and O–H groups in total. The summed E-state index contributed by atoms with van der Waals surface area (Å²) >= 11 is 0. The topological polar surface area (TPSA) is 52.6 Å². The summed E-state index contributed by atoms with van der Waals surface area (Å²) in [5.74, 6) is -1.08. The van der Waals surface area contributed by atoms with Crippen LogP contribution in [0.2, 0.25) is 0 Å². The lowest BCUT2D eigenvalue weighted by Gasteiger charge is -1.92. The summed E-state index contributed by atoms with van der Waals surface area (Å²) < 4.78 is 8.66. The molecule has 66 valence electrons. The summed E-state index contributed by atoms with van der Waals surface area (Å²) in [5.41, 5.74) is 2.65. The number of hydrogen-bond acceptors (Lipinski definition) is 4. The SMILES string of the molecule is COC(=O)C=C=C(C)C(=O)OC. The van der Waals surface area contributed by atoms with E-state index < -0.39 is 11.9 Å². The molecular weight excluding hydrogens is 160 g/mol. The van der Waals surface area contributed by atoms with Crippen molar-refractivity contribution in [3.8, 4) is 0 Å². The summed E-state index contributed by atoms with van der Waals surface area (Å²) in [4.78, 5) is 21.2. The van der Waals surface area contributed by atoms with Gasteiger partial charge < -0.3 is 9.47 Å². The van der Waals surface area contributed by atoms with Gasteiger partial charge in [0.1, 0.15) is 0 Å². The van der Waals surface area contributed by atoms with Gasteiger partial charge in [0.15, 0.2) is 0 Å². The van der Waals surface area contributed by atoms with E-state index in [1.807, 2.05) is 0 Å². The van der Waals surface area contributed by atoms with E-state index in [0.29, 0.717) is 0 Å². The standard InChI is InChI=1S/C8H10O4/c1-6(8(10)12-3)4-5-7(9)11-2/h5H,1-3H3. The molecule has 0 rings (SSSR count). The Hall–Kier alpha value is -1.54. The second-order valence-electron chi connectivity index (χ2n) is 1.93. The zero-order valence-electron chi connectivity index (χ0n) is 7.21. The van der Waals surface area contributed by atoms with Crippen LogP contribution in [0.3, 0.4) is 0 Å². The van der Waals surface area contributed by atoms with Gasteiger partial charge in [0.2, 0.25) is 0 Å². The van der Waals surface area contributed by atoms with E-state index in [-0.39, 0.29) is 5.57 Å². The van der Waals surface area contributed by atoms with Crippen LogP contribution < -0.4 is 0 Å². The molecule has 0 unspecified atom stereocenters. The molecule has 0 aromatic heterocycles. The fourth-order valence-corrected chi connectivity index (χ4v) is 0.438. The maximum Gasteiger partial charge on any atom is 0.341 e. The molecule has 0 spiro atoms. The third kappa shape index (κ3) is 3.58. The Balaban J connectivity index is 4.44. The Morgan fingerprint density at radius 2 is 1.83 bits per heavy atom. The first-order valence-corrected chi connectivity index (χ1v) is 3.21. The Labute approximate surface area is 70.5 Å². The van der Waals surface area contributed by atoms with Crippen LogP contribution in [-0.4, -0.2) is 26.2 Å². The Kier molecular flexibility index (Phi) is 4.49. The first-order chi connectivity index (χ1) is 5.61. The minimum atomic E-state index is -0.557. The van der Waals surface area contributed by atoms with Crippen LogP contribution in [0.25, 0.3) is 0 Å². The van der Waals surface area contributed by atoms with Crippen LogP contribution in [-0.2, 0) is 19.1 Å². The summed E-state index contributed by atoms with van der Waals surface area (Å²) in [6, 6.07) is 0. The summed E-state index contributed by atoms with van der Waals surface area (Å²) in [6.07, 6.45) is 1.03. The van der Waals surface area contributed by atoms with Crippen molar-refractivity contribution in [1.29, 1.82) is 0 Å². The number of methoxy groups -OCH3 is 2. The summed E-state index contributed by atoms with van der Waals surface area (Å²) in [6.45, 7) is 1.49. The Morgan fingerprint density at radius 3 is 2.25 bits per heavy atom. The molecule has 4 nitrogen and oxygen atoms in total. The quantitative estimate of drug-likeness (QED) is 0.342. The van der Waals surface area contributed by atoms with Gasteiger partial charge in [0.05, 0.1) is 25.9 Å². The van der Waals surface area contributed by atoms with E-state index in [4.69, 9.17) is 0 Å². The highest BCUT2D eigenvalue weighted by molar-refractivity contribution is 5.89. The molecule has 0 fully saturated rings. The predicted molar refractivity (Wildman–Crippen MR) is 41.3 cm³/mol. The number of hydrogen-bond donors (Lipinski definition) is 0. The number of carbonyl (C=O) groups is 2. The Morgan fingerprint density at radius 1 is 1.25 bits per heavy atom. The van der Waals surface area contributed by atoms with Gasteiger partial charge >= 0.3 is 11.9 Å². The zero-order valence-corrected chi connectivity index (χ0v) is 7.21. The Bertz CT molecular complexity index is 246. The van der Waals surface area contributed by atoms with E-state index in [1.165, 1.54) is 21.1 Å². The fraction of sp³-hybridized carbons (Fsp3) is 0.375. The summed E-state index contributed by atoms with van der Waals surface area (Å²) in [7, 11) is 2.50. The lowest BCUT2D eigenvalue weighted by molar-refractivity contribution is -0.136. The molecule has 0 amide bonds. The molecule has 0 radical (unpaired) electrons. The van der Waals surface area contributed by atoms with E-state index in [0.717, 1.165) is 6.08 Å². The van der Waals surface area contributed by atoms with Crippen LogP contribution in [0.1, 0.15) is 6.92 Å². The highest BCUT2D eigenvalue weighted by Crippen LogP contribution is 1.91. The van der Waals surface area contributed by atoms with Crippen LogP contribution in [0, 0.1) is 0 Å². The van der Waals surface area contributed by atoms with Crippen molar-refractivity contribution in [2.75, 3.05) is 14.2 Å².